The Bertz CT molecular complexity index is 1020. The molecule has 1 amide bonds. The van der Waals surface area contributed by atoms with Crippen molar-refractivity contribution in [2.24, 2.45) is 0 Å². The maximum Gasteiger partial charge on any atom is 0.362 e. The van der Waals surface area contributed by atoms with Crippen LogP contribution in [-0.4, -0.2) is 37.9 Å². The van der Waals surface area contributed by atoms with E-state index in [0.29, 0.717) is 5.69 Å². The second-order valence-electron chi connectivity index (χ2n) is 5.66. The van der Waals surface area contributed by atoms with Crippen LogP contribution >= 0.6 is 23.1 Å². The third-order valence-electron chi connectivity index (χ3n) is 3.72. The maximum absolute atomic E-state index is 13.1. The smallest absolute Gasteiger partial charge is 0.362 e. The number of benzene rings is 1. The zero-order chi connectivity index (χ0) is 20.3. The van der Waals surface area contributed by atoms with Crippen molar-refractivity contribution in [3.63, 3.8) is 0 Å². The van der Waals surface area contributed by atoms with Gasteiger partial charge < -0.3 is 10.1 Å². The van der Waals surface area contributed by atoms with Gasteiger partial charge in [0.2, 0.25) is 5.69 Å². The first-order valence-electron chi connectivity index (χ1n) is 8.18. The molecule has 1 N–H and O–H groups in total. The molecule has 0 unspecified atom stereocenters. The van der Waals surface area contributed by atoms with Gasteiger partial charge >= 0.3 is 5.97 Å². The van der Waals surface area contributed by atoms with E-state index in [9.17, 15) is 14.0 Å². The van der Waals surface area contributed by atoms with Crippen molar-refractivity contribution in [2.75, 3.05) is 11.9 Å². The Labute approximate surface area is 168 Å². The summed E-state index contributed by atoms with van der Waals surface area (Å²) in [6.07, 6.45) is 0. The summed E-state index contributed by atoms with van der Waals surface area (Å²) in [6, 6.07) is 5.88. The van der Waals surface area contributed by atoms with Gasteiger partial charge in [0, 0.05) is 11.5 Å². The first-order valence-corrected chi connectivity index (χ1v) is 9.34. The Kier molecular flexibility index (Phi) is 6.00. The average molecular weight is 424 g/mol. The molecule has 0 aliphatic carbocycles. The minimum Gasteiger partial charge on any atom is -0.461 e. The van der Waals surface area contributed by atoms with E-state index in [-0.39, 0.29) is 40.4 Å². The Hall–Kier alpha value is -2.85. The summed E-state index contributed by atoms with van der Waals surface area (Å²) in [5.41, 5.74) is 1.26. The topological polar surface area (TPSA) is 99.0 Å². The van der Waals surface area contributed by atoms with Crippen LogP contribution in [0.2, 0.25) is 5.15 Å². The number of nitrogens with one attached hydrogen (secondary N) is 1. The summed E-state index contributed by atoms with van der Waals surface area (Å²) in [6.45, 7) is 3.74. The summed E-state index contributed by atoms with van der Waals surface area (Å²) in [5.74, 6) is -1.58. The van der Waals surface area contributed by atoms with Crippen LogP contribution in [0.5, 0.6) is 0 Å². The number of hydrogen-bond acceptors (Lipinski definition) is 7. The molecular weight excluding hydrogens is 409 g/mol. The number of nitrogens with zero attached hydrogens (tertiary/aromatic N) is 4. The van der Waals surface area contributed by atoms with Crippen LogP contribution in [0.25, 0.3) is 0 Å². The lowest BCUT2D eigenvalue weighted by Crippen LogP contribution is -2.16. The molecule has 0 radical (unpaired) electrons. The lowest BCUT2D eigenvalue weighted by molar-refractivity contribution is 0.0520. The highest BCUT2D eigenvalue weighted by molar-refractivity contribution is 7.10. The molecule has 2 aromatic heterocycles. The van der Waals surface area contributed by atoms with Gasteiger partial charge in [-0.25, -0.2) is 13.9 Å². The number of carbonyl (C=O) groups excluding carboxylic acids is 2. The summed E-state index contributed by atoms with van der Waals surface area (Å²) >= 11 is 7.19. The molecule has 8 nitrogen and oxygen atoms in total. The molecule has 28 heavy (non-hydrogen) atoms. The van der Waals surface area contributed by atoms with Crippen LogP contribution in [0.15, 0.2) is 24.3 Å². The zero-order valence-electron chi connectivity index (χ0n) is 14.9. The molecular formula is C17H15ClFN5O3S. The third-order valence-corrected chi connectivity index (χ3v) is 4.75. The minimum atomic E-state index is -0.679. The van der Waals surface area contributed by atoms with E-state index in [1.165, 1.54) is 16.8 Å². The minimum absolute atomic E-state index is 0.0762. The number of ether oxygens (including phenoxy) is 1. The number of aryl methyl sites for hydroxylation is 1. The molecule has 0 atom stereocenters. The molecule has 2 heterocycles. The number of aromatic nitrogens is 4. The number of esters is 1. The summed E-state index contributed by atoms with van der Waals surface area (Å²) in [4.78, 5) is 24.6. The van der Waals surface area contributed by atoms with E-state index < -0.39 is 11.9 Å². The van der Waals surface area contributed by atoms with Crippen LogP contribution in [0.4, 0.5) is 9.39 Å². The van der Waals surface area contributed by atoms with Gasteiger partial charge in [-0.1, -0.05) is 28.2 Å². The summed E-state index contributed by atoms with van der Waals surface area (Å²) in [5, 5.41) is 10.8. The molecule has 3 rings (SSSR count). The molecule has 3 aromatic rings. The molecule has 0 fully saturated rings. The fourth-order valence-electron chi connectivity index (χ4n) is 2.45. The van der Waals surface area contributed by atoms with Crippen LogP contribution in [0, 0.1) is 12.7 Å². The van der Waals surface area contributed by atoms with Crippen molar-refractivity contribution in [2.45, 2.75) is 20.4 Å². The normalized spacial score (nSPS) is 10.7. The van der Waals surface area contributed by atoms with Gasteiger partial charge in [0.15, 0.2) is 5.00 Å². The number of rotatable bonds is 6. The van der Waals surface area contributed by atoms with Crippen LogP contribution in [-0.2, 0) is 11.3 Å². The average Bonchev–Trinajstić information content (AvgIpc) is 3.21. The summed E-state index contributed by atoms with van der Waals surface area (Å²) < 4.78 is 23.1. The second-order valence-corrected chi connectivity index (χ2v) is 6.77. The quantitative estimate of drug-likeness (QED) is 0.610. The fourth-order valence-corrected chi connectivity index (χ4v) is 3.32. The van der Waals surface area contributed by atoms with Gasteiger partial charge in [0.25, 0.3) is 5.91 Å². The molecule has 0 bridgehead atoms. The third kappa shape index (κ3) is 4.18. The van der Waals surface area contributed by atoms with Gasteiger partial charge in [0.1, 0.15) is 11.0 Å². The van der Waals surface area contributed by atoms with Gasteiger partial charge in [-0.3, -0.25) is 4.79 Å². The predicted molar refractivity (Wildman–Crippen MR) is 101 cm³/mol. The predicted octanol–water partition coefficient (Wildman–Crippen LogP) is 3.31. The lowest BCUT2D eigenvalue weighted by Gasteiger charge is -2.05. The number of halogens is 2. The first-order chi connectivity index (χ1) is 13.4. The van der Waals surface area contributed by atoms with Gasteiger partial charge in [-0.15, -0.1) is 5.10 Å². The van der Waals surface area contributed by atoms with E-state index in [4.69, 9.17) is 16.3 Å². The first kappa shape index (κ1) is 19.9. The number of anilines is 1. The number of carbonyl (C=O) groups is 2. The Morgan fingerprint density at radius 1 is 1.32 bits per heavy atom. The van der Waals surface area contributed by atoms with E-state index in [1.807, 2.05) is 0 Å². The zero-order valence-corrected chi connectivity index (χ0v) is 16.5. The summed E-state index contributed by atoms with van der Waals surface area (Å²) in [7, 11) is 0. The number of amides is 1. The van der Waals surface area contributed by atoms with E-state index in [1.54, 1.807) is 26.0 Å². The Balaban J connectivity index is 1.81. The fraction of sp³-hybridized carbons (Fsp3) is 0.235. The van der Waals surface area contributed by atoms with Crippen LogP contribution < -0.4 is 5.32 Å². The van der Waals surface area contributed by atoms with Crippen molar-refractivity contribution in [1.29, 1.82) is 0 Å². The Morgan fingerprint density at radius 2 is 2.04 bits per heavy atom. The lowest BCUT2D eigenvalue weighted by atomic mass is 10.2. The molecule has 11 heteroatoms. The van der Waals surface area contributed by atoms with Gasteiger partial charge in [-0.05, 0) is 31.5 Å². The molecule has 0 aliphatic heterocycles. The van der Waals surface area contributed by atoms with Crippen molar-refractivity contribution in [1.82, 2.24) is 19.4 Å². The van der Waals surface area contributed by atoms with Crippen molar-refractivity contribution >= 4 is 40.0 Å². The standard InChI is InChI=1S/C17H15ClFN5O3S/c1-3-27-17(26)13-16(28-23-21-13)20-15(25)12-9(2)22-24(14(12)18)8-10-4-6-11(19)7-5-10/h4-7H,3,8H2,1-2H3,(H,20,25). The Morgan fingerprint density at radius 3 is 2.71 bits per heavy atom. The molecule has 0 spiro atoms. The highest BCUT2D eigenvalue weighted by Crippen LogP contribution is 2.25. The highest BCUT2D eigenvalue weighted by atomic mass is 35.5. The molecule has 0 saturated heterocycles. The van der Waals surface area contributed by atoms with E-state index in [2.05, 4.69) is 20.0 Å². The van der Waals surface area contributed by atoms with Crippen molar-refractivity contribution < 1.29 is 18.7 Å². The monoisotopic (exact) mass is 423 g/mol. The molecule has 0 saturated carbocycles. The maximum atomic E-state index is 13.1. The molecule has 1 aromatic carbocycles. The van der Waals surface area contributed by atoms with E-state index >= 15 is 0 Å². The van der Waals surface area contributed by atoms with E-state index in [0.717, 1.165) is 17.1 Å². The molecule has 0 aliphatic rings. The van der Waals surface area contributed by atoms with Gasteiger partial charge in [0.05, 0.1) is 24.4 Å². The van der Waals surface area contributed by atoms with Crippen molar-refractivity contribution in [3.8, 4) is 0 Å². The SMILES string of the molecule is CCOC(=O)c1nnsc1NC(=O)c1c(C)nn(Cc2ccc(F)cc2)c1Cl. The van der Waals surface area contributed by atoms with Crippen molar-refractivity contribution in [3.05, 3.63) is 57.8 Å². The van der Waals surface area contributed by atoms with Crippen LogP contribution in [0.1, 0.15) is 39.0 Å². The second kappa shape index (κ2) is 8.44. The van der Waals surface area contributed by atoms with Crippen LogP contribution in [0.3, 0.4) is 0 Å². The highest BCUT2D eigenvalue weighted by Gasteiger charge is 2.24. The van der Waals surface area contributed by atoms with Gasteiger partial charge in [-0.2, -0.15) is 5.10 Å². The largest absolute Gasteiger partial charge is 0.461 e. The molecule has 146 valence electrons. The number of hydrogen-bond donors (Lipinski definition) is 1.